The van der Waals surface area contributed by atoms with Crippen LogP contribution in [-0.4, -0.2) is 77.8 Å². The highest BCUT2D eigenvalue weighted by atomic mass is 32.2. The van der Waals surface area contributed by atoms with E-state index in [0.29, 0.717) is 5.75 Å². The van der Waals surface area contributed by atoms with Crippen LogP contribution in [0.4, 0.5) is 0 Å². The summed E-state index contributed by atoms with van der Waals surface area (Å²) in [4.78, 5) is 23.5. The second kappa shape index (κ2) is 9.65. The molecule has 1 saturated heterocycles. The molecule has 1 aliphatic heterocycles. The van der Waals surface area contributed by atoms with E-state index in [4.69, 9.17) is 14.2 Å². The van der Waals surface area contributed by atoms with E-state index in [1.54, 1.807) is 12.1 Å². The predicted molar refractivity (Wildman–Crippen MR) is 94.5 cm³/mol. The Morgan fingerprint density at radius 1 is 1.19 bits per heavy atom. The number of nitrogens with zero attached hydrogens (tertiary/aromatic N) is 1. The molecule has 150 valence electrons. The van der Waals surface area contributed by atoms with E-state index in [0.717, 1.165) is 4.31 Å². The molecule has 10 nitrogen and oxygen atoms in total. The van der Waals surface area contributed by atoms with E-state index in [9.17, 15) is 18.0 Å². The maximum absolute atomic E-state index is 12.8. The van der Waals surface area contributed by atoms with E-state index in [1.165, 1.54) is 26.4 Å². The van der Waals surface area contributed by atoms with Crippen LogP contribution in [0, 0.1) is 0 Å². The first-order chi connectivity index (χ1) is 12.9. The van der Waals surface area contributed by atoms with Gasteiger partial charge in [-0.15, -0.1) is 0 Å². The average Bonchev–Trinajstić information content (AvgIpc) is 3.15. The van der Waals surface area contributed by atoms with Crippen molar-refractivity contribution in [2.75, 3.05) is 47.1 Å². The molecule has 1 heterocycles. The van der Waals surface area contributed by atoms with Crippen LogP contribution in [0.25, 0.3) is 0 Å². The fourth-order valence-corrected chi connectivity index (χ4v) is 3.94. The molecule has 11 heteroatoms. The number of hydrogen-bond donors (Lipinski definition) is 2. The van der Waals surface area contributed by atoms with Gasteiger partial charge in [-0.1, -0.05) is 0 Å². The van der Waals surface area contributed by atoms with Gasteiger partial charge in [-0.25, -0.2) is 8.42 Å². The van der Waals surface area contributed by atoms with Gasteiger partial charge in [-0.3, -0.25) is 9.59 Å². The average molecular weight is 401 g/mol. The van der Waals surface area contributed by atoms with Crippen LogP contribution >= 0.6 is 0 Å². The van der Waals surface area contributed by atoms with E-state index >= 15 is 0 Å². The number of carbonyl (C=O) groups is 2. The number of ether oxygens (including phenoxy) is 3. The molecule has 1 atom stereocenters. The van der Waals surface area contributed by atoms with Crippen LogP contribution in [-0.2, 0) is 29.1 Å². The van der Waals surface area contributed by atoms with Gasteiger partial charge in [-0.2, -0.15) is 4.31 Å². The van der Waals surface area contributed by atoms with Crippen LogP contribution in [0.3, 0.4) is 0 Å². The number of sulfonamides is 1. The fourth-order valence-electron chi connectivity index (χ4n) is 2.43. The first kappa shape index (κ1) is 21.1. The third kappa shape index (κ3) is 5.39. The van der Waals surface area contributed by atoms with E-state index in [2.05, 4.69) is 10.6 Å². The summed E-state index contributed by atoms with van der Waals surface area (Å²) < 4.78 is 41.9. The Hall–Kier alpha value is -2.21. The summed E-state index contributed by atoms with van der Waals surface area (Å²) >= 11 is 0. The van der Waals surface area contributed by atoms with Crippen molar-refractivity contribution in [3.8, 4) is 5.75 Å². The molecule has 0 radical (unpaired) electrons. The van der Waals surface area contributed by atoms with Gasteiger partial charge in [0.05, 0.1) is 31.8 Å². The Kier molecular flexibility index (Phi) is 7.54. The zero-order valence-electron chi connectivity index (χ0n) is 15.1. The maximum Gasteiger partial charge on any atom is 0.309 e. The first-order valence-corrected chi connectivity index (χ1v) is 9.66. The molecule has 0 aliphatic carbocycles. The second-order valence-electron chi connectivity index (χ2n) is 5.58. The smallest absolute Gasteiger partial charge is 0.309 e. The van der Waals surface area contributed by atoms with Crippen molar-refractivity contribution >= 4 is 21.8 Å². The summed E-state index contributed by atoms with van der Waals surface area (Å²) in [6, 6.07) is 5.96. The number of benzene rings is 1. The first-order valence-electron chi connectivity index (χ1n) is 8.22. The molecule has 2 amide bonds. The molecular formula is C16H23N3O7S. The predicted octanol–water partition coefficient (Wildman–Crippen LogP) is -1.08. The maximum atomic E-state index is 12.8. The number of rotatable bonds is 8. The highest BCUT2D eigenvalue weighted by Gasteiger charge is 2.36. The normalized spacial score (nSPS) is 17.5. The van der Waals surface area contributed by atoms with E-state index in [-0.39, 0.29) is 37.7 Å². The van der Waals surface area contributed by atoms with Gasteiger partial charge in [0.1, 0.15) is 12.0 Å². The number of methoxy groups -OCH3 is 2. The molecule has 0 saturated carbocycles. The Labute approximate surface area is 157 Å². The van der Waals surface area contributed by atoms with Crippen LogP contribution in [0.5, 0.6) is 5.75 Å². The Bertz CT molecular complexity index is 752. The molecular weight excluding hydrogens is 378 g/mol. The highest BCUT2D eigenvalue weighted by Crippen LogP contribution is 2.23. The monoisotopic (exact) mass is 401 g/mol. The molecule has 2 rings (SSSR count). The van der Waals surface area contributed by atoms with Gasteiger partial charge in [0.2, 0.25) is 10.0 Å². The van der Waals surface area contributed by atoms with Gasteiger partial charge in [0.25, 0.3) is 0 Å². The van der Waals surface area contributed by atoms with Gasteiger partial charge in [0.15, 0.2) is 0 Å². The molecule has 1 fully saturated rings. The van der Waals surface area contributed by atoms with Gasteiger partial charge >= 0.3 is 11.8 Å². The molecule has 0 aromatic heterocycles. The van der Waals surface area contributed by atoms with Crippen molar-refractivity contribution in [3.63, 3.8) is 0 Å². The largest absolute Gasteiger partial charge is 0.497 e. The molecule has 27 heavy (non-hydrogen) atoms. The number of hydrogen-bond acceptors (Lipinski definition) is 7. The lowest BCUT2D eigenvalue weighted by atomic mass is 10.3. The molecule has 1 aromatic carbocycles. The number of amides is 2. The summed E-state index contributed by atoms with van der Waals surface area (Å²) in [5.41, 5.74) is 0. The molecule has 0 spiro atoms. The lowest BCUT2D eigenvalue weighted by Crippen LogP contribution is -2.47. The Morgan fingerprint density at radius 3 is 2.48 bits per heavy atom. The van der Waals surface area contributed by atoms with Crippen LogP contribution in [0.15, 0.2) is 29.2 Å². The summed E-state index contributed by atoms with van der Waals surface area (Å²) in [7, 11) is -0.852. The molecule has 0 unspecified atom stereocenters. The van der Waals surface area contributed by atoms with Crippen molar-refractivity contribution in [1.82, 2.24) is 14.9 Å². The molecule has 2 N–H and O–H groups in total. The third-order valence-corrected chi connectivity index (χ3v) is 5.75. The number of nitrogens with one attached hydrogen (secondary N) is 2. The zero-order chi connectivity index (χ0) is 19.9. The third-order valence-electron chi connectivity index (χ3n) is 3.84. The summed E-state index contributed by atoms with van der Waals surface area (Å²) in [5, 5.41) is 4.76. The van der Waals surface area contributed by atoms with Gasteiger partial charge in [0, 0.05) is 20.2 Å². The summed E-state index contributed by atoms with van der Waals surface area (Å²) in [5.74, 6) is -1.16. The zero-order valence-corrected chi connectivity index (χ0v) is 16.0. The standard InChI is InChI=1S/C16H23N3O7S/c1-24-9-7-17-15(20)16(21)18-11-14-19(8-10-26-14)27(22,23)13-5-3-12(25-2)4-6-13/h3-6,14H,7-11H2,1-2H3,(H,17,20)(H,18,21)/t14-/m0/s1. The topological polar surface area (TPSA) is 123 Å². The Balaban J connectivity index is 1.97. The van der Waals surface area contributed by atoms with Crippen molar-refractivity contribution in [3.05, 3.63) is 24.3 Å². The van der Waals surface area contributed by atoms with Crippen molar-refractivity contribution in [2.45, 2.75) is 11.1 Å². The minimum Gasteiger partial charge on any atom is -0.497 e. The van der Waals surface area contributed by atoms with Crippen molar-refractivity contribution < 1.29 is 32.2 Å². The van der Waals surface area contributed by atoms with Crippen molar-refractivity contribution in [1.29, 1.82) is 0 Å². The lowest BCUT2D eigenvalue weighted by molar-refractivity contribution is -0.139. The fraction of sp³-hybridized carbons (Fsp3) is 0.500. The van der Waals surface area contributed by atoms with E-state index in [1.807, 2.05) is 0 Å². The van der Waals surface area contributed by atoms with Crippen LogP contribution < -0.4 is 15.4 Å². The second-order valence-corrected chi connectivity index (χ2v) is 7.47. The molecule has 1 aromatic rings. The van der Waals surface area contributed by atoms with Crippen molar-refractivity contribution in [2.24, 2.45) is 0 Å². The van der Waals surface area contributed by atoms with E-state index < -0.39 is 28.1 Å². The number of carbonyl (C=O) groups excluding carboxylic acids is 2. The molecule has 0 bridgehead atoms. The van der Waals surface area contributed by atoms with Crippen LogP contribution in [0.1, 0.15) is 0 Å². The summed E-state index contributed by atoms with van der Waals surface area (Å²) in [6.07, 6.45) is -0.896. The van der Waals surface area contributed by atoms with Crippen LogP contribution in [0.2, 0.25) is 0 Å². The quantitative estimate of drug-likeness (QED) is 0.420. The Morgan fingerprint density at radius 2 is 1.85 bits per heavy atom. The van der Waals surface area contributed by atoms with Gasteiger partial charge < -0.3 is 24.8 Å². The minimum atomic E-state index is -3.81. The van der Waals surface area contributed by atoms with Gasteiger partial charge in [-0.05, 0) is 24.3 Å². The lowest BCUT2D eigenvalue weighted by Gasteiger charge is -2.22. The molecule has 1 aliphatic rings. The highest BCUT2D eigenvalue weighted by molar-refractivity contribution is 7.89. The summed E-state index contributed by atoms with van der Waals surface area (Å²) in [6.45, 7) is 0.663. The SMILES string of the molecule is COCCNC(=O)C(=O)NC[C@@H]1OCCN1S(=O)(=O)c1ccc(OC)cc1. The minimum absolute atomic E-state index is 0.0856.